The lowest BCUT2D eigenvalue weighted by Crippen LogP contribution is -2.18. The van der Waals surface area contributed by atoms with Gasteiger partial charge in [0.25, 0.3) is 0 Å². The summed E-state index contributed by atoms with van der Waals surface area (Å²) < 4.78 is 31.7. The zero-order valence-electron chi connectivity index (χ0n) is 12.2. The van der Waals surface area contributed by atoms with Gasteiger partial charge in [0.2, 0.25) is 10.0 Å². The molecular formula is C15H18N2O3S. The third-order valence-corrected chi connectivity index (χ3v) is 4.75. The second-order valence-electron chi connectivity index (χ2n) is 4.71. The van der Waals surface area contributed by atoms with Crippen LogP contribution in [0, 0.1) is 13.8 Å². The van der Waals surface area contributed by atoms with Crippen LogP contribution < -0.4 is 15.2 Å². The number of nitrogens with two attached hydrogens (primary N) is 1. The van der Waals surface area contributed by atoms with Crippen molar-refractivity contribution in [1.29, 1.82) is 0 Å². The summed E-state index contributed by atoms with van der Waals surface area (Å²) in [6.07, 6.45) is 0. The van der Waals surface area contributed by atoms with E-state index in [1.54, 1.807) is 0 Å². The summed E-state index contributed by atoms with van der Waals surface area (Å²) in [6.45, 7) is 3.92. The maximum absolute atomic E-state index is 11.8. The van der Waals surface area contributed by atoms with E-state index in [1.165, 1.54) is 25.2 Å². The highest BCUT2D eigenvalue weighted by atomic mass is 32.2. The van der Waals surface area contributed by atoms with Crippen LogP contribution in [0.4, 0.5) is 5.69 Å². The minimum atomic E-state index is -3.53. The van der Waals surface area contributed by atoms with Gasteiger partial charge in [0, 0.05) is 6.07 Å². The molecule has 0 aliphatic carbocycles. The Balaban J connectivity index is 2.45. The lowest BCUT2D eigenvalue weighted by Gasteiger charge is -2.13. The average Bonchev–Trinajstić information content (AvgIpc) is 2.46. The van der Waals surface area contributed by atoms with E-state index in [-0.39, 0.29) is 4.90 Å². The average molecular weight is 306 g/mol. The largest absolute Gasteiger partial charge is 0.455 e. The van der Waals surface area contributed by atoms with Crippen molar-refractivity contribution in [3.63, 3.8) is 0 Å². The van der Waals surface area contributed by atoms with Crippen molar-refractivity contribution >= 4 is 15.7 Å². The number of rotatable bonds is 4. The molecule has 0 spiro atoms. The maximum atomic E-state index is 11.8. The highest BCUT2D eigenvalue weighted by molar-refractivity contribution is 7.89. The number of hydrogen-bond acceptors (Lipinski definition) is 4. The third-order valence-electron chi connectivity index (χ3n) is 3.34. The number of aryl methyl sites for hydroxylation is 1. The van der Waals surface area contributed by atoms with Crippen molar-refractivity contribution in [3.8, 4) is 11.5 Å². The maximum Gasteiger partial charge on any atom is 0.240 e. The SMILES string of the molecule is CNS(=O)(=O)c1ccc(N)c(Oc2cccc(C)c2C)c1. The van der Waals surface area contributed by atoms with Crippen LogP contribution in [0.1, 0.15) is 11.1 Å². The van der Waals surface area contributed by atoms with Crippen LogP contribution in [0.2, 0.25) is 0 Å². The second kappa shape index (κ2) is 5.75. The Hall–Kier alpha value is -2.05. The molecule has 2 aromatic carbocycles. The lowest BCUT2D eigenvalue weighted by molar-refractivity contribution is 0.479. The molecule has 112 valence electrons. The van der Waals surface area contributed by atoms with Gasteiger partial charge in [0.1, 0.15) is 5.75 Å². The van der Waals surface area contributed by atoms with Gasteiger partial charge in [-0.15, -0.1) is 0 Å². The molecule has 6 heteroatoms. The smallest absolute Gasteiger partial charge is 0.240 e. The van der Waals surface area contributed by atoms with Gasteiger partial charge in [-0.2, -0.15) is 0 Å². The fraction of sp³-hybridized carbons (Fsp3) is 0.200. The molecule has 21 heavy (non-hydrogen) atoms. The van der Waals surface area contributed by atoms with Crippen LogP contribution in [-0.4, -0.2) is 15.5 Å². The molecule has 0 radical (unpaired) electrons. The van der Waals surface area contributed by atoms with Gasteiger partial charge >= 0.3 is 0 Å². The fourth-order valence-electron chi connectivity index (χ4n) is 1.84. The van der Waals surface area contributed by atoms with E-state index < -0.39 is 10.0 Å². The normalized spacial score (nSPS) is 11.4. The molecule has 2 rings (SSSR count). The van der Waals surface area contributed by atoms with Crippen LogP contribution in [-0.2, 0) is 10.0 Å². The van der Waals surface area contributed by atoms with E-state index >= 15 is 0 Å². The van der Waals surface area contributed by atoms with Crippen molar-refractivity contribution in [3.05, 3.63) is 47.5 Å². The topological polar surface area (TPSA) is 81.4 Å². The molecule has 0 atom stereocenters. The van der Waals surface area contributed by atoms with Crippen LogP contribution in [0.25, 0.3) is 0 Å². The Morgan fingerprint density at radius 1 is 1.10 bits per heavy atom. The molecule has 0 amide bonds. The van der Waals surface area contributed by atoms with Gasteiger partial charge in [-0.3, -0.25) is 0 Å². The van der Waals surface area contributed by atoms with Gasteiger partial charge in [0.05, 0.1) is 10.6 Å². The lowest BCUT2D eigenvalue weighted by atomic mass is 10.1. The Morgan fingerprint density at radius 2 is 1.81 bits per heavy atom. The van der Waals surface area contributed by atoms with Crippen molar-refractivity contribution < 1.29 is 13.2 Å². The summed E-state index contributed by atoms with van der Waals surface area (Å²) in [6, 6.07) is 10.1. The second-order valence-corrected chi connectivity index (χ2v) is 6.59. The standard InChI is InChI=1S/C15H18N2O3S/c1-10-5-4-6-14(11(10)2)20-15-9-12(7-8-13(15)16)21(18,19)17-3/h4-9,17H,16H2,1-3H3. The molecule has 0 bridgehead atoms. The van der Waals surface area contributed by atoms with Crippen molar-refractivity contribution in [1.82, 2.24) is 4.72 Å². The minimum absolute atomic E-state index is 0.111. The molecule has 5 nitrogen and oxygen atoms in total. The molecule has 0 saturated heterocycles. The van der Waals surface area contributed by atoms with E-state index in [1.807, 2.05) is 32.0 Å². The zero-order valence-corrected chi connectivity index (χ0v) is 13.0. The molecule has 0 fully saturated rings. The van der Waals surface area contributed by atoms with E-state index in [0.717, 1.165) is 11.1 Å². The first kappa shape index (κ1) is 15.3. The first-order valence-electron chi connectivity index (χ1n) is 6.42. The number of ether oxygens (including phenoxy) is 1. The number of anilines is 1. The van der Waals surface area contributed by atoms with Gasteiger partial charge in [0.15, 0.2) is 5.75 Å². The van der Waals surface area contributed by atoms with E-state index in [0.29, 0.717) is 17.2 Å². The molecule has 0 aliphatic rings. The number of nitrogen functional groups attached to an aromatic ring is 1. The van der Waals surface area contributed by atoms with Gasteiger partial charge < -0.3 is 10.5 Å². The molecule has 3 N–H and O–H groups in total. The zero-order chi connectivity index (χ0) is 15.6. The quantitative estimate of drug-likeness (QED) is 0.851. The summed E-state index contributed by atoms with van der Waals surface area (Å²) in [7, 11) is -2.18. The Morgan fingerprint density at radius 3 is 2.48 bits per heavy atom. The highest BCUT2D eigenvalue weighted by Gasteiger charge is 2.15. The highest BCUT2D eigenvalue weighted by Crippen LogP contribution is 2.32. The van der Waals surface area contributed by atoms with Crippen molar-refractivity contribution in [2.45, 2.75) is 18.7 Å². The summed E-state index contributed by atoms with van der Waals surface area (Å²) >= 11 is 0. The van der Waals surface area contributed by atoms with Crippen LogP contribution in [0.15, 0.2) is 41.3 Å². The van der Waals surface area contributed by atoms with Gasteiger partial charge in [-0.25, -0.2) is 13.1 Å². The Kier molecular flexibility index (Phi) is 4.20. The molecule has 0 aliphatic heterocycles. The number of benzene rings is 2. The summed E-state index contributed by atoms with van der Waals surface area (Å²) in [4.78, 5) is 0.111. The van der Waals surface area contributed by atoms with Crippen LogP contribution in [0.3, 0.4) is 0 Å². The summed E-state index contributed by atoms with van der Waals surface area (Å²) in [5, 5.41) is 0. The summed E-state index contributed by atoms with van der Waals surface area (Å²) in [5.74, 6) is 0.973. The fourth-order valence-corrected chi connectivity index (χ4v) is 2.59. The minimum Gasteiger partial charge on any atom is -0.455 e. The molecule has 0 saturated carbocycles. The molecule has 0 aromatic heterocycles. The van der Waals surface area contributed by atoms with Crippen LogP contribution in [0.5, 0.6) is 11.5 Å². The molecule has 2 aromatic rings. The monoisotopic (exact) mass is 306 g/mol. The summed E-state index contributed by atoms with van der Waals surface area (Å²) in [5.41, 5.74) is 8.32. The third kappa shape index (κ3) is 3.17. The molecule has 0 heterocycles. The number of hydrogen-bond donors (Lipinski definition) is 2. The predicted octanol–water partition coefficient (Wildman–Crippen LogP) is 2.59. The van der Waals surface area contributed by atoms with E-state index in [9.17, 15) is 8.42 Å². The van der Waals surface area contributed by atoms with Crippen LogP contribution >= 0.6 is 0 Å². The van der Waals surface area contributed by atoms with Crippen molar-refractivity contribution in [2.75, 3.05) is 12.8 Å². The van der Waals surface area contributed by atoms with E-state index in [2.05, 4.69) is 4.72 Å². The number of sulfonamides is 1. The predicted molar refractivity (Wildman–Crippen MR) is 83.1 cm³/mol. The van der Waals surface area contributed by atoms with Gasteiger partial charge in [-0.1, -0.05) is 12.1 Å². The Labute approximate surface area is 124 Å². The first-order valence-corrected chi connectivity index (χ1v) is 7.90. The van der Waals surface area contributed by atoms with Crippen molar-refractivity contribution in [2.24, 2.45) is 0 Å². The molecular weight excluding hydrogens is 288 g/mol. The number of nitrogens with one attached hydrogen (secondary N) is 1. The van der Waals surface area contributed by atoms with E-state index in [4.69, 9.17) is 10.5 Å². The first-order chi connectivity index (χ1) is 9.85. The Bertz CT molecular complexity index is 770. The molecule has 0 unspecified atom stereocenters. The van der Waals surface area contributed by atoms with Gasteiger partial charge in [-0.05, 0) is 50.2 Å².